The maximum Gasteiger partial charge on any atom is 0.220 e. The summed E-state index contributed by atoms with van der Waals surface area (Å²) in [6.07, 6.45) is 6.34. The molecule has 0 bridgehead atoms. The highest BCUT2D eigenvalue weighted by Gasteiger charge is 2.23. The van der Waals surface area contributed by atoms with Gasteiger partial charge in [0.2, 0.25) is 17.7 Å². The molecule has 5 heterocycles. The van der Waals surface area contributed by atoms with E-state index in [1.165, 1.54) is 0 Å². The molecule has 0 spiro atoms. The van der Waals surface area contributed by atoms with Crippen molar-refractivity contribution in [3.8, 4) is 28.4 Å². The fourth-order valence-corrected chi connectivity index (χ4v) is 6.79. The first kappa shape index (κ1) is 35.2. The molecule has 1 aromatic carbocycles. The lowest BCUT2D eigenvalue weighted by Crippen LogP contribution is -2.44. The molecule has 2 fully saturated rings. The highest BCUT2D eigenvalue weighted by molar-refractivity contribution is 6.36. The van der Waals surface area contributed by atoms with Gasteiger partial charge in [0, 0.05) is 92.8 Å². The van der Waals surface area contributed by atoms with Crippen LogP contribution in [0.4, 0.5) is 15.9 Å². The van der Waals surface area contributed by atoms with Crippen LogP contribution in [0, 0.1) is 12.7 Å². The van der Waals surface area contributed by atoms with Crippen LogP contribution in [0.3, 0.4) is 0 Å². The number of hydrogen-bond acceptors (Lipinski definition) is 9. The number of amides is 2. The standard InChI is InChI=1S/C37H42ClFN8O3/c1-22-28(30-9-7-25(37(46-30)50-3)19-40-21-27-8-10-32(49)44-27)12-16-41-35(22)29-5-4-6-31(33(29)38)45-36-34(39)24(11-15-42-36)20-43-26-13-17-47(18-14-26)23(2)48/h4-7,9,11-12,15-16,26-27,40,43H,8,10,13-14,17-21H2,1-3H3,(H,42,45)(H,44,49)/t27-/m1/s1. The van der Waals surface area contributed by atoms with Gasteiger partial charge in [0.1, 0.15) is 0 Å². The predicted molar refractivity (Wildman–Crippen MR) is 192 cm³/mol. The van der Waals surface area contributed by atoms with E-state index in [-0.39, 0.29) is 29.7 Å². The molecular weight excluding hydrogens is 659 g/mol. The Hall–Kier alpha value is -4.65. The molecule has 2 aliphatic rings. The third-order valence-electron chi connectivity index (χ3n) is 9.40. The fraction of sp³-hybridized carbons (Fsp3) is 0.378. The van der Waals surface area contributed by atoms with Gasteiger partial charge in [-0.15, -0.1) is 0 Å². The molecule has 262 valence electrons. The molecule has 0 saturated carbocycles. The SMILES string of the molecule is COc1nc(-c2ccnc(-c3cccc(Nc4nccc(CNC5CCN(C(C)=O)CC5)c4F)c3Cl)c2C)ccc1CNC[C@H]1CCC(=O)N1. The van der Waals surface area contributed by atoms with Gasteiger partial charge in [-0.25, -0.2) is 14.4 Å². The second kappa shape index (κ2) is 15.9. The summed E-state index contributed by atoms with van der Waals surface area (Å²) in [5, 5.41) is 13.3. The molecule has 4 aromatic rings. The Labute approximate surface area is 296 Å². The highest BCUT2D eigenvalue weighted by Crippen LogP contribution is 2.38. The average Bonchev–Trinajstić information content (AvgIpc) is 3.54. The molecule has 0 aliphatic carbocycles. The van der Waals surface area contributed by atoms with Crippen molar-refractivity contribution >= 4 is 34.9 Å². The van der Waals surface area contributed by atoms with Gasteiger partial charge in [0.05, 0.1) is 29.2 Å². The number of piperidine rings is 1. The van der Waals surface area contributed by atoms with E-state index in [0.717, 1.165) is 41.6 Å². The summed E-state index contributed by atoms with van der Waals surface area (Å²) in [4.78, 5) is 38.7. The first-order chi connectivity index (χ1) is 24.2. The highest BCUT2D eigenvalue weighted by atomic mass is 35.5. The summed E-state index contributed by atoms with van der Waals surface area (Å²) in [5.74, 6) is 0.311. The number of nitrogens with one attached hydrogen (secondary N) is 4. The molecule has 1 atom stereocenters. The van der Waals surface area contributed by atoms with Gasteiger partial charge in [-0.05, 0) is 56.0 Å². The van der Waals surface area contributed by atoms with Gasteiger partial charge in [-0.1, -0.05) is 29.8 Å². The van der Waals surface area contributed by atoms with Gasteiger partial charge in [-0.3, -0.25) is 14.6 Å². The first-order valence-corrected chi connectivity index (χ1v) is 17.3. The number of carbonyl (C=O) groups excluding carboxylic acids is 2. The van der Waals surface area contributed by atoms with E-state index in [1.54, 1.807) is 38.6 Å². The maximum atomic E-state index is 15.7. The molecule has 2 saturated heterocycles. The lowest BCUT2D eigenvalue weighted by atomic mass is 9.99. The fourth-order valence-electron chi connectivity index (χ4n) is 6.53. The normalized spacial score (nSPS) is 16.4. The lowest BCUT2D eigenvalue weighted by Gasteiger charge is -2.31. The number of benzene rings is 1. The Morgan fingerprint density at radius 2 is 1.84 bits per heavy atom. The van der Waals surface area contributed by atoms with Gasteiger partial charge < -0.3 is 30.9 Å². The number of nitrogens with zero attached hydrogens (tertiary/aromatic N) is 4. The molecule has 3 aromatic heterocycles. The summed E-state index contributed by atoms with van der Waals surface area (Å²) < 4.78 is 21.3. The van der Waals surface area contributed by atoms with Crippen molar-refractivity contribution in [3.05, 3.63) is 82.4 Å². The van der Waals surface area contributed by atoms with Gasteiger partial charge in [0.15, 0.2) is 11.6 Å². The van der Waals surface area contributed by atoms with Crippen LogP contribution in [0.25, 0.3) is 22.5 Å². The molecule has 4 N–H and O–H groups in total. The smallest absolute Gasteiger partial charge is 0.220 e. The second-order valence-corrected chi connectivity index (χ2v) is 13.1. The van der Waals surface area contributed by atoms with E-state index < -0.39 is 5.82 Å². The maximum absolute atomic E-state index is 15.7. The lowest BCUT2D eigenvalue weighted by molar-refractivity contribution is -0.130. The molecule has 50 heavy (non-hydrogen) atoms. The second-order valence-electron chi connectivity index (χ2n) is 12.7. The number of carbonyl (C=O) groups is 2. The van der Waals surface area contributed by atoms with Crippen molar-refractivity contribution in [1.29, 1.82) is 0 Å². The monoisotopic (exact) mass is 700 g/mol. The van der Waals surface area contributed by atoms with Crippen LogP contribution in [-0.4, -0.2) is 70.5 Å². The Bertz CT molecular complexity index is 1870. The zero-order valence-electron chi connectivity index (χ0n) is 28.5. The number of ether oxygens (including phenoxy) is 1. The van der Waals surface area contributed by atoms with E-state index >= 15 is 4.39 Å². The largest absolute Gasteiger partial charge is 0.481 e. The van der Waals surface area contributed by atoms with E-state index in [2.05, 4.69) is 31.2 Å². The quantitative estimate of drug-likeness (QED) is 0.151. The zero-order chi connectivity index (χ0) is 35.2. The molecular formula is C37H42ClFN8O3. The topological polar surface area (TPSA) is 133 Å². The van der Waals surface area contributed by atoms with E-state index in [4.69, 9.17) is 21.3 Å². The van der Waals surface area contributed by atoms with Gasteiger partial charge >= 0.3 is 0 Å². The zero-order valence-corrected chi connectivity index (χ0v) is 29.2. The number of hydrogen-bond donors (Lipinski definition) is 4. The Balaban J connectivity index is 1.16. The van der Waals surface area contributed by atoms with Crippen LogP contribution >= 0.6 is 11.6 Å². The average molecular weight is 701 g/mol. The number of pyridine rings is 3. The Morgan fingerprint density at radius 3 is 2.58 bits per heavy atom. The molecule has 11 nitrogen and oxygen atoms in total. The van der Waals surface area contributed by atoms with Crippen LogP contribution in [-0.2, 0) is 22.7 Å². The summed E-state index contributed by atoms with van der Waals surface area (Å²) in [6, 6.07) is 13.3. The minimum atomic E-state index is -0.456. The van der Waals surface area contributed by atoms with Crippen molar-refractivity contribution < 1.29 is 18.7 Å². The molecule has 0 radical (unpaired) electrons. The number of likely N-dealkylation sites (tertiary alicyclic amines) is 1. The first-order valence-electron chi connectivity index (χ1n) is 16.9. The summed E-state index contributed by atoms with van der Waals surface area (Å²) in [5.41, 5.74) is 5.71. The van der Waals surface area contributed by atoms with Crippen LogP contribution in [0.2, 0.25) is 5.02 Å². The van der Waals surface area contributed by atoms with Crippen molar-refractivity contribution in [2.24, 2.45) is 0 Å². The van der Waals surface area contributed by atoms with Crippen LogP contribution in [0.15, 0.2) is 54.9 Å². The summed E-state index contributed by atoms with van der Waals surface area (Å²) >= 11 is 6.97. The van der Waals surface area contributed by atoms with Crippen LogP contribution in [0.5, 0.6) is 5.88 Å². The van der Waals surface area contributed by atoms with E-state index in [1.807, 2.05) is 42.2 Å². The summed E-state index contributed by atoms with van der Waals surface area (Å²) in [6.45, 7) is 6.52. The number of methoxy groups -OCH3 is 1. The number of aromatic nitrogens is 3. The Morgan fingerprint density at radius 1 is 1.04 bits per heavy atom. The van der Waals surface area contributed by atoms with Gasteiger partial charge in [-0.2, -0.15) is 0 Å². The molecule has 6 rings (SSSR count). The summed E-state index contributed by atoms with van der Waals surface area (Å²) in [7, 11) is 1.60. The molecule has 2 aliphatic heterocycles. The molecule has 2 amide bonds. The third kappa shape index (κ3) is 8.04. The van der Waals surface area contributed by atoms with Crippen molar-refractivity contribution in [1.82, 2.24) is 35.8 Å². The van der Waals surface area contributed by atoms with Crippen LogP contribution in [0.1, 0.15) is 49.3 Å². The minimum Gasteiger partial charge on any atom is -0.481 e. The molecule has 13 heteroatoms. The number of anilines is 2. The minimum absolute atomic E-state index is 0.0760. The van der Waals surface area contributed by atoms with E-state index in [9.17, 15) is 9.59 Å². The van der Waals surface area contributed by atoms with Gasteiger partial charge in [0.25, 0.3) is 0 Å². The van der Waals surface area contributed by atoms with E-state index in [0.29, 0.717) is 72.6 Å². The van der Waals surface area contributed by atoms with Crippen molar-refractivity contribution in [3.63, 3.8) is 0 Å². The predicted octanol–water partition coefficient (Wildman–Crippen LogP) is 5.53. The third-order valence-corrected chi connectivity index (χ3v) is 9.81. The number of halogens is 2. The Kier molecular flexibility index (Phi) is 11.2. The van der Waals surface area contributed by atoms with Crippen molar-refractivity contribution in [2.75, 3.05) is 32.1 Å². The van der Waals surface area contributed by atoms with Crippen LogP contribution < -0.4 is 26.0 Å². The number of rotatable bonds is 12. The van der Waals surface area contributed by atoms with Crippen molar-refractivity contribution in [2.45, 2.75) is 64.7 Å². The molecule has 0 unspecified atom stereocenters.